The highest BCUT2D eigenvalue weighted by Crippen LogP contribution is 2.17. The molecule has 0 atom stereocenters. The maximum atomic E-state index is 5.89. The van der Waals surface area contributed by atoms with Gasteiger partial charge in [-0.3, -0.25) is 0 Å². The Kier molecular flexibility index (Phi) is 3.53. The zero-order valence-electron chi connectivity index (χ0n) is 10.4. The lowest BCUT2D eigenvalue weighted by Gasteiger charge is -2.22. The molecule has 1 aliphatic rings. The first-order valence-electron chi connectivity index (χ1n) is 6.39. The molecule has 1 fully saturated rings. The summed E-state index contributed by atoms with van der Waals surface area (Å²) < 4.78 is 7.71. The molecule has 18 heavy (non-hydrogen) atoms. The average molecular weight is 267 g/mol. The maximum absolute atomic E-state index is 5.89. The summed E-state index contributed by atoms with van der Waals surface area (Å²) in [6.07, 6.45) is 3.39. The smallest absolute Gasteiger partial charge is 0.234 e. The van der Waals surface area contributed by atoms with Crippen LogP contribution in [-0.4, -0.2) is 39.0 Å². The Balaban J connectivity index is 1.65. The summed E-state index contributed by atoms with van der Waals surface area (Å²) in [6.45, 7) is 4.74. The van der Waals surface area contributed by atoms with E-state index in [-0.39, 0.29) is 0 Å². The van der Waals surface area contributed by atoms with Gasteiger partial charge < -0.3 is 10.1 Å². The number of hydrogen-bond acceptors (Lipinski definition) is 6. The van der Waals surface area contributed by atoms with E-state index >= 15 is 0 Å². The van der Waals surface area contributed by atoms with Crippen LogP contribution in [0, 0.1) is 0 Å². The van der Waals surface area contributed by atoms with Gasteiger partial charge in [0.2, 0.25) is 4.96 Å². The van der Waals surface area contributed by atoms with E-state index in [0.29, 0.717) is 12.7 Å². The van der Waals surface area contributed by atoms with E-state index in [0.717, 1.165) is 48.1 Å². The predicted molar refractivity (Wildman–Crippen MR) is 68.7 cm³/mol. The second-order valence-electron chi connectivity index (χ2n) is 4.42. The average Bonchev–Trinajstić information content (AvgIpc) is 2.97. The fraction of sp³-hybridized carbons (Fsp3) is 0.727. The molecule has 1 saturated heterocycles. The van der Waals surface area contributed by atoms with E-state index in [1.165, 1.54) is 0 Å². The van der Waals surface area contributed by atoms with Crippen LogP contribution >= 0.6 is 11.3 Å². The molecular weight excluding hydrogens is 250 g/mol. The van der Waals surface area contributed by atoms with Crippen LogP contribution in [0.5, 0.6) is 0 Å². The van der Waals surface area contributed by atoms with Gasteiger partial charge in [-0.25, -0.2) is 0 Å². The van der Waals surface area contributed by atoms with Gasteiger partial charge in [0.25, 0.3) is 0 Å². The van der Waals surface area contributed by atoms with E-state index in [9.17, 15) is 0 Å². The van der Waals surface area contributed by atoms with Crippen molar-refractivity contribution in [2.75, 3.05) is 13.1 Å². The van der Waals surface area contributed by atoms with Crippen LogP contribution in [0.4, 0.5) is 0 Å². The molecule has 0 bridgehead atoms. The van der Waals surface area contributed by atoms with Gasteiger partial charge in [0, 0.05) is 6.42 Å². The lowest BCUT2D eigenvalue weighted by atomic mass is 10.1. The van der Waals surface area contributed by atoms with E-state index in [2.05, 4.69) is 27.5 Å². The van der Waals surface area contributed by atoms with Crippen molar-refractivity contribution in [1.82, 2.24) is 25.1 Å². The number of nitrogens with zero attached hydrogens (tertiary/aromatic N) is 4. The van der Waals surface area contributed by atoms with Crippen LogP contribution in [-0.2, 0) is 17.8 Å². The van der Waals surface area contributed by atoms with Gasteiger partial charge in [-0.05, 0) is 25.9 Å². The Morgan fingerprint density at radius 3 is 3.00 bits per heavy atom. The van der Waals surface area contributed by atoms with Crippen LogP contribution < -0.4 is 5.32 Å². The van der Waals surface area contributed by atoms with Crippen LogP contribution in [0.15, 0.2) is 0 Å². The predicted octanol–water partition coefficient (Wildman–Crippen LogP) is 1.02. The first kappa shape index (κ1) is 12.0. The molecule has 3 rings (SSSR count). The molecule has 7 heteroatoms. The molecule has 1 N–H and O–H groups in total. The second kappa shape index (κ2) is 5.29. The minimum atomic E-state index is 0.367. The third kappa shape index (κ3) is 2.38. The molecule has 0 unspecified atom stereocenters. The molecule has 3 heterocycles. The first-order valence-corrected chi connectivity index (χ1v) is 7.20. The van der Waals surface area contributed by atoms with Gasteiger partial charge in [-0.15, -0.1) is 10.2 Å². The van der Waals surface area contributed by atoms with Gasteiger partial charge >= 0.3 is 0 Å². The van der Waals surface area contributed by atoms with Crippen LogP contribution in [0.2, 0.25) is 0 Å². The van der Waals surface area contributed by atoms with E-state index in [1.807, 2.05) is 4.52 Å². The van der Waals surface area contributed by atoms with Crippen molar-refractivity contribution in [2.45, 2.75) is 38.9 Å². The van der Waals surface area contributed by atoms with Crippen LogP contribution in [0.1, 0.15) is 30.6 Å². The molecular formula is C11H17N5OS. The highest BCUT2D eigenvalue weighted by molar-refractivity contribution is 7.16. The number of hydrogen-bond donors (Lipinski definition) is 1. The minimum Gasteiger partial charge on any atom is -0.371 e. The third-order valence-electron chi connectivity index (χ3n) is 3.14. The summed E-state index contributed by atoms with van der Waals surface area (Å²) in [5.41, 5.74) is 0. The number of rotatable bonds is 4. The van der Waals surface area contributed by atoms with E-state index in [1.54, 1.807) is 11.3 Å². The highest BCUT2D eigenvalue weighted by atomic mass is 32.1. The first-order chi connectivity index (χ1) is 8.86. The zero-order chi connectivity index (χ0) is 12.4. The Hall–Kier alpha value is -1.05. The van der Waals surface area contributed by atoms with Gasteiger partial charge in [-0.2, -0.15) is 9.61 Å². The fourth-order valence-electron chi connectivity index (χ4n) is 2.13. The Labute approximate surface area is 109 Å². The van der Waals surface area contributed by atoms with Gasteiger partial charge in [0.1, 0.15) is 11.6 Å². The molecule has 2 aromatic rings. The van der Waals surface area contributed by atoms with Crippen LogP contribution in [0.25, 0.3) is 4.96 Å². The number of ether oxygens (including phenoxy) is 1. The Bertz CT molecular complexity index is 516. The van der Waals surface area contributed by atoms with Crippen molar-refractivity contribution in [3.05, 3.63) is 10.8 Å². The molecule has 1 aliphatic heterocycles. The number of fused-ring (bicyclic) bond motifs is 1. The van der Waals surface area contributed by atoms with Crippen molar-refractivity contribution in [3.8, 4) is 0 Å². The monoisotopic (exact) mass is 267 g/mol. The summed E-state index contributed by atoms with van der Waals surface area (Å²) in [6, 6.07) is 0. The van der Waals surface area contributed by atoms with Crippen molar-refractivity contribution in [1.29, 1.82) is 0 Å². The van der Waals surface area contributed by atoms with E-state index < -0.39 is 0 Å². The molecule has 0 saturated carbocycles. The maximum Gasteiger partial charge on any atom is 0.234 e. The molecule has 6 nitrogen and oxygen atoms in total. The highest BCUT2D eigenvalue weighted by Gasteiger charge is 2.15. The lowest BCUT2D eigenvalue weighted by Crippen LogP contribution is -2.32. The largest absolute Gasteiger partial charge is 0.371 e. The quantitative estimate of drug-likeness (QED) is 0.896. The minimum absolute atomic E-state index is 0.367. The molecule has 0 amide bonds. The molecule has 0 spiro atoms. The number of aromatic nitrogens is 4. The summed E-state index contributed by atoms with van der Waals surface area (Å²) in [4.78, 5) is 0.857. The topological polar surface area (TPSA) is 64.3 Å². The van der Waals surface area contributed by atoms with Crippen molar-refractivity contribution in [3.63, 3.8) is 0 Å². The fourth-order valence-corrected chi connectivity index (χ4v) is 2.90. The van der Waals surface area contributed by atoms with Gasteiger partial charge in [-0.1, -0.05) is 18.3 Å². The molecule has 2 aromatic heterocycles. The van der Waals surface area contributed by atoms with Gasteiger partial charge in [0.05, 0.1) is 6.10 Å². The summed E-state index contributed by atoms with van der Waals surface area (Å²) >= 11 is 1.56. The summed E-state index contributed by atoms with van der Waals surface area (Å²) in [5, 5.41) is 17.0. The third-order valence-corrected chi connectivity index (χ3v) is 4.01. The standard InChI is InChI=1S/C11H17N5OS/c1-2-9-13-14-11-16(9)15-10(18-11)7-17-8-3-5-12-6-4-8/h8,12H,2-7H2,1H3. The SMILES string of the molecule is CCc1nnc2sc(COC3CCNCC3)nn12. The molecule has 0 aromatic carbocycles. The Morgan fingerprint density at radius 2 is 2.22 bits per heavy atom. The summed E-state index contributed by atoms with van der Waals surface area (Å²) in [5.74, 6) is 0.911. The van der Waals surface area contributed by atoms with Crippen molar-refractivity contribution < 1.29 is 4.74 Å². The summed E-state index contributed by atoms with van der Waals surface area (Å²) in [7, 11) is 0. The van der Waals surface area contributed by atoms with Gasteiger partial charge in [0.15, 0.2) is 5.82 Å². The zero-order valence-corrected chi connectivity index (χ0v) is 11.2. The normalized spacial score (nSPS) is 17.6. The Morgan fingerprint density at radius 1 is 1.39 bits per heavy atom. The number of aryl methyl sites for hydroxylation is 1. The number of piperidine rings is 1. The molecule has 0 radical (unpaired) electrons. The van der Waals surface area contributed by atoms with Crippen LogP contribution in [0.3, 0.4) is 0 Å². The second-order valence-corrected chi connectivity index (χ2v) is 5.46. The van der Waals surface area contributed by atoms with Crippen molar-refractivity contribution in [2.24, 2.45) is 0 Å². The number of nitrogens with one attached hydrogen (secondary N) is 1. The molecule has 0 aliphatic carbocycles. The lowest BCUT2D eigenvalue weighted by molar-refractivity contribution is 0.0208. The van der Waals surface area contributed by atoms with E-state index in [4.69, 9.17) is 4.74 Å². The van der Waals surface area contributed by atoms with Crippen molar-refractivity contribution >= 4 is 16.3 Å². The molecule has 98 valence electrons.